The van der Waals surface area contributed by atoms with Gasteiger partial charge in [-0.1, -0.05) is 12.5 Å². The van der Waals surface area contributed by atoms with Crippen LogP contribution in [0.15, 0.2) is 23.6 Å². The number of urea groups is 1. The van der Waals surface area contributed by atoms with Crippen molar-refractivity contribution >= 4 is 23.2 Å². The minimum atomic E-state index is -1.07. The molecule has 1 fully saturated rings. The van der Waals surface area contributed by atoms with E-state index < -0.39 is 5.60 Å². The van der Waals surface area contributed by atoms with Crippen LogP contribution < -0.4 is 10.6 Å². The lowest BCUT2D eigenvalue weighted by molar-refractivity contribution is 0.0637. The van der Waals surface area contributed by atoms with Crippen LogP contribution in [-0.4, -0.2) is 27.5 Å². The van der Waals surface area contributed by atoms with E-state index in [1.807, 2.05) is 30.6 Å². The average molecular weight is 334 g/mol. The lowest BCUT2D eigenvalue weighted by atomic mass is 9.83. The summed E-state index contributed by atoms with van der Waals surface area (Å²) in [5.74, 6) is 1.19. The predicted octanol–water partition coefficient (Wildman–Crippen LogP) is 2.78. The second-order valence-electron chi connectivity index (χ2n) is 6.26. The molecule has 0 bridgehead atoms. The number of nitrogens with zero attached hydrogens (tertiary/aromatic N) is 2. The molecule has 2 aromatic heterocycles. The minimum Gasteiger partial charge on any atom is -0.383 e. The molecule has 1 atom stereocenters. The third kappa shape index (κ3) is 3.56. The molecule has 6 nitrogen and oxygen atoms in total. The number of rotatable bonds is 5. The van der Waals surface area contributed by atoms with E-state index in [0.717, 1.165) is 10.6 Å². The Morgan fingerprint density at radius 3 is 2.96 bits per heavy atom. The summed E-state index contributed by atoms with van der Waals surface area (Å²) >= 11 is 1.47. The van der Waals surface area contributed by atoms with Gasteiger partial charge in [0, 0.05) is 23.9 Å². The molecular formula is C16H22N4O2S. The number of carbonyl (C=O) groups excluding carboxylic acids is 1. The number of anilines is 1. The van der Waals surface area contributed by atoms with Crippen molar-refractivity contribution in [1.82, 2.24) is 15.1 Å². The predicted molar refractivity (Wildman–Crippen MR) is 90.7 cm³/mol. The monoisotopic (exact) mass is 334 g/mol. The van der Waals surface area contributed by atoms with Gasteiger partial charge in [0.05, 0.1) is 12.2 Å². The summed E-state index contributed by atoms with van der Waals surface area (Å²) in [6.45, 7) is 1.84. The van der Waals surface area contributed by atoms with Crippen LogP contribution in [-0.2, 0) is 12.6 Å². The van der Waals surface area contributed by atoms with Gasteiger partial charge in [-0.2, -0.15) is 5.10 Å². The average Bonchev–Trinajstić information content (AvgIpc) is 3.06. The van der Waals surface area contributed by atoms with Crippen LogP contribution in [0.25, 0.3) is 0 Å². The number of hydrogen-bond donors (Lipinski definition) is 3. The lowest BCUT2D eigenvalue weighted by Gasteiger charge is -2.22. The zero-order valence-corrected chi connectivity index (χ0v) is 14.2. The highest BCUT2D eigenvalue weighted by atomic mass is 32.1. The zero-order chi connectivity index (χ0) is 16.4. The van der Waals surface area contributed by atoms with E-state index in [0.29, 0.717) is 11.7 Å². The molecule has 0 aliphatic heterocycles. The third-order valence-electron chi connectivity index (χ3n) is 4.31. The normalized spacial score (nSPS) is 17.3. The van der Waals surface area contributed by atoms with E-state index in [1.54, 1.807) is 11.6 Å². The van der Waals surface area contributed by atoms with Crippen LogP contribution in [0.3, 0.4) is 0 Å². The summed E-state index contributed by atoms with van der Waals surface area (Å²) < 4.78 is 1.69. The van der Waals surface area contributed by atoms with E-state index in [2.05, 4.69) is 15.7 Å². The van der Waals surface area contributed by atoms with Crippen LogP contribution in [0.5, 0.6) is 0 Å². The molecule has 0 radical (unpaired) electrons. The number of aliphatic hydroxyl groups is 1. The molecule has 0 aromatic carbocycles. The molecule has 3 rings (SSSR count). The molecule has 1 saturated carbocycles. The van der Waals surface area contributed by atoms with Gasteiger partial charge in [-0.05, 0) is 31.2 Å². The highest BCUT2D eigenvalue weighted by molar-refractivity contribution is 7.10. The maximum atomic E-state index is 12.1. The summed E-state index contributed by atoms with van der Waals surface area (Å²) in [4.78, 5) is 12.9. The van der Waals surface area contributed by atoms with Gasteiger partial charge < -0.3 is 10.4 Å². The molecule has 7 heteroatoms. The first-order chi connectivity index (χ1) is 11.0. The maximum Gasteiger partial charge on any atom is 0.320 e. The fourth-order valence-corrected chi connectivity index (χ4v) is 3.38. The number of thiophene rings is 1. The number of aromatic nitrogens is 2. The van der Waals surface area contributed by atoms with Crippen molar-refractivity contribution in [3.05, 3.63) is 34.2 Å². The Balaban J connectivity index is 1.56. The van der Waals surface area contributed by atoms with Crippen LogP contribution >= 0.6 is 11.3 Å². The number of nitrogens with one attached hydrogen (secondary N) is 2. The van der Waals surface area contributed by atoms with Gasteiger partial charge in [-0.15, -0.1) is 11.3 Å². The first kappa shape index (κ1) is 16.0. The van der Waals surface area contributed by atoms with Gasteiger partial charge in [0.15, 0.2) is 0 Å². The number of carbonyl (C=O) groups is 1. The Kier molecular flexibility index (Phi) is 4.41. The van der Waals surface area contributed by atoms with E-state index in [9.17, 15) is 9.90 Å². The van der Waals surface area contributed by atoms with Crippen LogP contribution in [0.1, 0.15) is 42.7 Å². The van der Waals surface area contributed by atoms with Gasteiger partial charge in [0.1, 0.15) is 11.4 Å². The summed E-state index contributed by atoms with van der Waals surface area (Å²) in [7, 11) is 1.82. The van der Waals surface area contributed by atoms with E-state index >= 15 is 0 Å². The van der Waals surface area contributed by atoms with Crippen molar-refractivity contribution in [1.29, 1.82) is 0 Å². The van der Waals surface area contributed by atoms with Crippen LogP contribution in [0.2, 0.25) is 0 Å². The molecular weight excluding hydrogens is 312 g/mol. The molecule has 2 amide bonds. The SMILES string of the molecule is Cn1nc(C2CCC2)cc1NC(=O)NCC(C)(O)c1cccs1. The van der Waals surface area contributed by atoms with Gasteiger partial charge in [0.25, 0.3) is 0 Å². The fourth-order valence-electron chi connectivity index (χ4n) is 2.59. The number of hydrogen-bond acceptors (Lipinski definition) is 4. The van der Waals surface area contributed by atoms with Crippen molar-refractivity contribution in [2.75, 3.05) is 11.9 Å². The van der Waals surface area contributed by atoms with Crippen LogP contribution in [0, 0.1) is 0 Å². The Morgan fingerprint density at radius 1 is 1.57 bits per heavy atom. The Bertz CT molecular complexity index is 674. The van der Waals surface area contributed by atoms with Crippen molar-refractivity contribution in [2.45, 2.75) is 37.7 Å². The molecule has 23 heavy (non-hydrogen) atoms. The first-order valence-electron chi connectivity index (χ1n) is 7.81. The summed E-state index contributed by atoms with van der Waals surface area (Å²) in [6.07, 6.45) is 3.60. The van der Waals surface area contributed by atoms with Crippen molar-refractivity contribution in [3.63, 3.8) is 0 Å². The smallest absolute Gasteiger partial charge is 0.320 e. The van der Waals surface area contributed by atoms with Gasteiger partial charge >= 0.3 is 6.03 Å². The largest absolute Gasteiger partial charge is 0.383 e. The zero-order valence-electron chi connectivity index (χ0n) is 13.4. The highest BCUT2D eigenvalue weighted by Crippen LogP contribution is 2.36. The van der Waals surface area contributed by atoms with Gasteiger partial charge in [-0.3, -0.25) is 10.00 Å². The first-order valence-corrected chi connectivity index (χ1v) is 8.69. The van der Waals surface area contributed by atoms with Crippen molar-refractivity contribution < 1.29 is 9.90 Å². The Morgan fingerprint density at radius 2 is 2.35 bits per heavy atom. The molecule has 1 unspecified atom stereocenters. The van der Waals surface area contributed by atoms with E-state index in [1.165, 1.54) is 30.6 Å². The fraction of sp³-hybridized carbons (Fsp3) is 0.500. The quantitative estimate of drug-likeness (QED) is 0.786. The molecule has 0 spiro atoms. The van der Waals surface area contributed by atoms with Crippen molar-refractivity contribution in [2.24, 2.45) is 7.05 Å². The number of aryl methyl sites for hydroxylation is 1. The van der Waals surface area contributed by atoms with Gasteiger partial charge in [-0.25, -0.2) is 4.79 Å². The summed E-state index contributed by atoms with van der Waals surface area (Å²) in [6, 6.07) is 5.33. The molecule has 2 heterocycles. The second kappa shape index (κ2) is 6.33. The second-order valence-corrected chi connectivity index (χ2v) is 7.21. The molecule has 1 aliphatic carbocycles. The third-order valence-corrected chi connectivity index (χ3v) is 5.43. The molecule has 124 valence electrons. The summed E-state index contributed by atoms with van der Waals surface area (Å²) in [5, 5.41) is 22.3. The van der Waals surface area contributed by atoms with Crippen molar-refractivity contribution in [3.8, 4) is 0 Å². The molecule has 1 aliphatic rings. The Labute approximate surface area is 139 Å². The number of amides is 2. The maximum absolute atomic E-state index is 12.1. The van der Waals surface area contributed by atoms with E-state index in [-0.39, 0.29) is 12.6 Å². The molecule has 2 aromatic rings. The highest BCUT2D eigenvalue weighted by Gasteiger charge is 2.26. The Hall–Kier alpha value is -1.86. The molecule has 0 saturated heterocycles. The van der Waals surface area contributed by atoms with E-state index in [4.69, 9.17) is 0 Å². The lowest BCUT2D eigenvalue weighted by Crippen LogP contribution is -2.40. The molecule has 3 N–H and O–H groups in total. The minimum absolute atomic E-state index is 0.146. The summed E-state index contributed by atoms with van der Waals surface area (Å²) in [5.41, 5.74) is -0.0330. The standard InChI is InChI=1S/C16H22N4O2S/c1-16(22,13-7-4-8-23-13)10-17-15(21)18-14-9-12(19-20(14)2)11-5-3-6-11/h4,7-9,11,22H,3,5-6,10H2,1-2H3,(H2,17,18,21). The van der Waals surface area contributed by atoms with Crippen LogP contribution in [0.4, 0.5) is 10.6 Å². The van der Waals surface area contributed by atoms with Gasteiger partial charge in [0.2, 0.25) is 0 Å². The topological polar surface area (TPSA) is 79.2 Å².